The number of thioether (sulfide) groups is 1. The predicted molar refractivity (Wildman–Crippen MR) is 202 cm³/mol. The second kappa shape index (κ2) is 27.7. The summed E-state index contributed by atoms with van der Waals surface area (Å²) < 4.78 is 17.9. The minimum absolute atomic E-state index is 0.0175. The summed E-state index contributed by atoms with van der Waals surface area (Å²) >= 11 is 1.28. The van der Waals surface area contributed by atoms with Crippen LogP contribution < -0.4 is 10.6 Å². The molecular formula is C37H65N5O10S. The Hall–Kier alpha value is -2.79. The Labute approximate surface area is 319 Å². The topological polar surface area (TPSA) is 211 Å². The summed E-state index contributed by atoms with van der Waals surface area (Å²) in [7, 11) is 0. The van der Waals surface area contributed by atoms with Gasteiger partial charge in [-0.25, -0.2) is 4.68 Å². The molecule has 1 aliphatic rings. The molecule has 0 spiro atoms. The summed E-state index contributed by atoms with van der Waals surface area (Å²) in [6.07, 6.45) is 11.2. The standard InChI is InChI=1S/C37H65N5O10S/c1-4-7-10-13-16-19-31(44)38-28(36(49)39-30-22-42(41-40-30)37-35(48)34(47)29(23-43)52-37)26-53-25-27(51-33(46)21-18-15-12-9-6-3)24-50-32(45)20-17-14-11-8-5-2/h22,27-29,34-35,37,43,47-48H,4-21,23-26H2,1-3H3,(H,38,44)(H,39,49)/t27-,28-,29?,34-,35+,37+/m1/s1. The van der Waals surface area contributed by atoms with Gasteiger partial charge in [0.25, 0.3) is 0 Å². The van der Waals surface area contributed by atoms with Crippen molar-refractivity contribution in [3.63, 3.8) is 0 Å². The highest BCUT2D eigenvalue weighted by atomic mass is 32.2. The van der Waals surface area contributed by atoms with E-state index in [2.05, 4.69) is 41.7 Å². The minimum atomic E-state index is -1.38. The van der Waals surface area contributed by atoms with Crippen LogP contribution >= 0.6 is 11.8 Å². The summed E-state index contributed by atoms with van der Waals surface area (Å²) in [6, 6.07) is -0.997. The van der Waals surface area contributed by atoms with Gasteiger partial charge < -0.3 is 40.2 Å². The number of aliphatic hydroxyl groups excluding tert-OH is 3. The molecule has 0 aliphatic carbocycles. The van der Waals surface area contributed by atoms with Crippen LogP contribution in [0.15, 0.2) is 6.20 Å². The minimum Gasteiger partial charge on any atom is -0.462 e. The number of carbonyl (C=O) groups excluding carboxylic acids is 4. The van der Waals surface area contributed by atoms with Gasteiger partial charge >= 0.3 is 11.9 Å². The molecule has 304 valence electrons. The number of esters is 2. The maximum atomic E-state index is 13.5. The number of ether oxygens (including phenoxy) is 3. The molecule has 0 aromatic carbocycles. The van der Waals surface area contributed by atoms with Gasteiger partial charge in [0.15, 0.2) is 12.0 Å². The Kier molecular flexibility index (Phi) is 24.3. The first-order valence-corrected chi connectivity index (χ1v) is 20.9. The van der Waals surface area contributed by atoms with Crippen molar-refractivity contribution in [1.82, 2.24) is 20.3 Å². The second-order valence-corrected chi connectivity index (χ2v) is 14.8. The van der Waals surface area contributed by atoms with E-state index in [1.165, 1.54) is 18.0 Å². The molecule has 5 N–H and O–H groups in total. The third-order valence-electron chi connectivity index (χ3n) is 8.98. The molecule has 1 aromatic rings. The smallest absolute Gasteiger partial charge is 0.306 e. The number of nitrogens with one attached hydrogen (secondary N) is 2. The van der Waals surface area contributed by atoms with Gasteiger partial charge in [0.05, 0.1) is 12.8 Å². The Morgan fingerprint density at radius 1 is 0.830 bits per heavy atom. The van der Waals surface area contributed by atoms with E-state index in [-0.39, 0.29) is 54.6 Å². The van der Waals surface area contributed by atoms with Crippen LogP contribution in [0, 0.1) is 0 Å². The largest absolute Gasteiger partial charge is 0.462 e. The zero-order valence-electron chi connectivity index (χ0n) is 32.0. The molecule has 2 amide bonds. The number of hydrogen-bond acceptors (Lipinski definition) is 13. The van der Waals surface area contributed by atoms with Crippen molar-refractivity contribution in [2.75, 3.05) is 30.0 Å². The molecule has 2 heterocycles. The lowest BCUT2D eigenvalue weighted by Gasteiger charge is -2.21. The van der Waals surface area contributed by atoms with Crippen LogP contribution in [-0.2, 0) is 33.4 Å². The Bertz CT molecular complexity index is 1190. The van der Waals surface area contributed by atoms with Gasteiger partial charge in [-0.05, 0) is 19.3 Å². The molecule has 1 aromatic heterocycles. The van der Waals surface area contributed by atoms with Crippen LogP contribution in [0.5, 0.6) is 0 Å². The molecule has 1 fully saturated rings. The molecule has 6 atom stereocenters. The number of carbonyl (C=O) groups is 4. The molecule has 1 aliphatic heterocycles. The van der Waals surface area contributed by atoms with E-state index in [0.29, 0.717) is 19.3 Å². The van der Waals surface area contributed by atoms with Gasteiger partial charge in [0, 0.05) is 30.8 Å². The molecule has 15 nitrogen and oxygen atoms in total. The molecule has 16 heteroatoms. The average molecular weight is 772 g/mol. The number of hydrogen-bond donors (Lipinski definition) is 5. The maximum absolute atomic E-state index is 13.5. The second-order valence-electron chi connectivity index (χ2n) is 13.7. The number of amides is 2. The lowest BCUT2D eigenvalue weighted by atomic mass is 10.1. The molecule has 2 rings (SSSR count). The van der Waals surface area contributed by atoms with E-state index in [1.54, 1.807) is 0 Å². The van der Waals surface area contributed by atoms with Crippen LogP contribution in [0.4, 0.5) is 5.82 Å². The van der Waals surface area contributed by atoms with Gasteiger partial charge in [-0.2, -0.15) is 11.8 Å². The van der Waals surface area contributed by atoms with Crippen molar-refractivity contribution in [3.8, 4) is 0 Å². The monoisotopic (exact) mass is 771 g/mol. The van der Waals surface area contributed by atoms with Crippen molar-refractivity contribution in [1.29, 1.82) is 0 Å². The number of anilines is 1. The highest BCUT2D eigenvalue weighted by Crippen LogP contribution is 2.29. The third kappa shape index (κ3) is 18.9. The average Bonchev–Trinajstić information content (AvgIpc) is 3.72. The Morgan fingerprint density at radius 3 is 2.00 bits per heavy atom. The van der Waals surface area contributed by atoms with Crippen molar-refractivity contribution < 1.29 is 48.7 Å². The molecule has 1 saturated heterocycles. The SMILES string of the molecule is CCCCCCCC(=O)N[C@H](CSC[C@@H](COC(=O)CCCCCCC)OC(=O)CCCCCCC)C(=O)Nc1cn([C@H]2OC(CO)[C@@H](O)[C@@H]2O)nn1. The van der Waals surface area contributed by atoms with Gasteiger partial charge in [-0.1, -0.05) is 103 Å². The fourth-order valence-electron chi connectivity index (χ4n) is 5.79. The maximum Gasteiger partial charge on any atom is 0.306 e. The number of unbranched alkanes of at least 4 members (excludes halogenated alkanes) is 12. The van der Waals surface area contributed by atoms with E-state index >= 15 is 0 Å². The molecular weight excluding hydrogens is 706 g/mol. The predicted octanol–water partition coefficient (Wildman–Crippen LogP) is 4.58. The highest BCUT2D eigenvalue weighted by molar-refractivity contribution is 7.99. The Morgan fingerprint density at radius 2 is 1.42 bits per heavy atom. The first-order chi connectivity index (χ1) is 25.6. The Balaban J connectivity index is 2.06. The molecule has 0 radical (unpaired) electrons. The first-order valence-electron chi connectivity index (χ1n) is 19.7. The highest BCUT2D eigenvalue weighted by Gasteiger charge is 2.44. The molecule has 0 saturated carbocycles. The van der Waals surface area contributed by atoms with Crippen LogP contribution in [0.2, 0.25) is 0 Å². The van der Waals surface area contributed by atoms with Crippen molar-refractivity contribution in [2.45, 2.75) is 173 Å². The number of aliphatic hydroxyl groups is 3. The number of aromatic nitrogens is 3. The summed E-state index contributed by atoms with van der Waals surface area (Å²) in [5, 5.41) is 43.1. The summed E-state index contributed by atoms with van der Waals surface area (Å²) in [5.74, 6) is -1.21. The fraction of sp³-hybridized carbons (Fsp3) is 0.838. The van der Waals surface area contributed by atoms with E-state index in [1.807, 2.05) is 0 Å². The van der Waals surface area contributed by atoms with Crippen LogP contribution in [-0.4, -0.2) is 109 Å². The van der Waals surface area contributed by atoms with Crippen LogP contribution in [0.3, 0.4) is 0 Å². The van der Waals surface area contributed by atoms with E-state index < -0.39 is 49.2 Å². The van der Waals surface area contributed by atoms with Gasteiger partial charge in [-0.15, -0.1) is 5.10 Å². The summed E-state index contributed by atoms with van der Waals surface area (Å²) in [5.41, 5.74) is 0. The van der Waals surface area contributed by atoms with Crippen LogP contribution in [0.1, 0.15) is 143 Å². The summed E-state index contributed by atoms with van der Waals surface area (Å²) in [4.78, 5) is 51.6. The van der Waals surface area contributed by atoms with E-state index in [4.69, 9.17) is 14.2 Å². The lowest BCUT2D eigenvalue weighted by Crippen LogP contribution is -2.45. The first kappa shape index (κ1) is 46.4. The van der Waals surface area contributed by atoms with Crippen molar-refractivity contribution in [2.24, 2.45) is 0 Å². The fourth-order valence-corrected chi connectivity index (χ4v) is 6.82. The lowest BCUT2D eigenvalue weighted by molar-refractivity contribution is -0.157. The van der Waals surface area contributed by atoms with Crippen molar-refractivity contribution in [3.05, 3.63) is 6.20 Å². The normalized spacial score (nSPS) is 19.4. The zero-order chi connectivity index (χ0) is 38.8. The number of rotatable bonds is 30. The summed E-state index contributed by atoms with van der Waals surface area (Å²) in [6.45, 7) is 5.76. The number of nitrogens with zero attached hydrogens (tertiary/aromatic N) is 3. The molecule has 1 unspecified atom stereocenters. The van der Waals surface area contributed by atoms with Gasteiger partial charge in [0.2, 0.25) is 11.8 Å². The van der Waals surface area contributed by atoms with E-state index in [0.717, 1.165) is 88.2 Å². The molecule has 53 heavy (non-hydrogen) atoms. The van der Waals surface area contributed by atoms with Crippen LogP contribution in [0.25, 0.3) is 0 Å². The van der Waals surface area contributed by atoms with E-state index in [9.17, 15) is 34.5 Å². The molecule has 0 bridgehead atoms. The van der Waals surface area contributed by atoms with Gasteiger partial charge in [-0.3, -0.25) is 19.2 Å². The third-order valence-corrected chi connectivity index (χ3v) is 10.2. The quantitative estimate of drug-likeness (QED) is 0.0536. The van der Waals surface area contributed by atoms with Gasteiger partial charge in [0.1, 0.15) is 37.1 Å². The van der Waals surface area contributed by atoms with Crippen molar-refractivity contribution >= 4 is 41.3 Å². The zero-order valence-corrected chi connectivity index (χ0v) is 32.9.